The van der Waals surface area contributed by atoms with Crippen molar-refractivity contribution in [2.24, 2.45) is 17.8 Å². The number of carbonyl (C=O) groups is 2. The van der Waals surface area contributed by atoms with Gasteiger partial charge in [0.25, 0.3) is 11.7 Å². The zero-order chi connectivity index (χ0) is 34.2. The summed E-state index contributed by atoms with van der Waals surface area (Å²) in [7, 11) is 0. The normalized spacial score (nSPS) is 24.8. The van der Waals surface area contributed by atoms with Crippen molar-refractivity contribution in [3.63, 3.8) is 0 Å². The summed E-state index contributed by atoms with van der Waals surface area (Å²) in [6.07, 6.45) is -2.15. The van der Waals surface area contributed by atoms with Crippen LogP contribution in [0.3, 0.4) is 0 Å². The third-order valence-corrected chi connectivity index (χ3v) is 9.80. The number of amides is 2. The van der Waals surface area contributed by atoms with Crippen LogP contribution < -0.4 is 10.6 Å². The second-order valence-corrected chi connectivity index (χ2v) is 13.1. The molecule has 3 aromatic rings. The molecule has 3 aliphatic rings. The Labute approximate surface area is 273 Å². The van der Waals surface area contributed by atoms with Crippen LogP contribution in [0.1, 0.15) is 79.6 Å². The van der Waals surface area contributed by atoms with E-state index in [9.17, 15) is 31.5 Å². The molecular weight excluding hydrogens is 641 g/mol. The van der Waals surface area contributed by atoms with Crippen LogP contribution in [0, 0.1) is 17.8 Å². The molecule has 4 atom stereocenters. The number of rotatable bonds is 9. The molecule has 1 aliphatic carbocycles. The number of imidazole rings is 1. The van der Waals surface area contributed by atoms with Gasteiger partial charge in [-0.3, -0.25) is 19.2 Å². The van der Waals surface area contributed by atoms with Crippen molar-refractivity contribution >= 4 is 17.6 Å². The number of aromatic nitrogens is 6. The standard InChI is InChI=1S/C31H40F5N9O3/c1-3-44-25(6-9-38-44)28(47)41-26(19-4-7-30(32,33)8-5-19)24-16-45-29(40-24)39-23(15-43-10-11-48-17-18(43)2)22(42-45)13-20-12-21(31(34,35)36)14-37-27(20)46/h6,9,16,18-21,26H,3-5,7-8,10-15,17H2,1-2H3,(H,37,46)(H,41,47)/t18?,20-,21-,26+/m1/s1. The fourth-order valence-corrected chi connectivity index (χ4v) is 6.91. The maximum atomic E-state index is 14.2. The molecule has 2 amide bonds. The minimum atomic E-state index is -4.45. The first-order valence-corrected chi connectivity index (χ1v) is 16.4. The molecule has 6 rings (SSSR count). The molecule has 2 N–H and O–H groups in total. The van der Waals surface area contributed by atoms with Crippen molar-refractivity contribution < 1.29 is 36.3 Å². The Kier molecular flexibility index (Phi) is 9.71. The highest BCUT2D eigenvalue weighted by atomic mass is 19.4. The van der Waals surface area contributed by atoms with Crippen molar-refractivity contribution in [3.05, 3.63) is 41.2 Å². The molecule has 48 heavy (non-hydrogen) atoms. The molecule has 2 aliphatic heterocycles. The van der Waals surface area contributed by atoms with Crippen LogP contribution in [0.2, 0.25) is 0 Å². The van der Waals surface area contributed by atoms with Gasteiger partial charge >= 0.3 is 6.18 Å². The second-order valence-electron chi connectivity index (χ2n) is 13.1. The summed E-state index contributed by atoms with van der Waals surface area (Å²) in [5, 5.41) is 14.3. The molecule has 3 fully saturated rings. The quantitative estimate of drug-likeness (QED) is 0.327. The molecule has 5 heterocycles. The Morgan fingerprint density at radius 3 is 2.69 bits per heavy atom. The molecule has 2 saturated heterocycles. The SMILES string of the molecule is CCn1nccc1C(=O)N[C@H](c1cn2nc(C[C@H]3C[C@@H](C(F)(F)F)CNC3=O)c(CN3CCOCC3C)nc2n1)C1CCC(F)(F)CC1. The number of morpholine rings is 1. The summed E-state index contributed by atoms with van der Waals surface area (Å²) in [6.45, 7) is 5.72. The van der Waals surface area contributed by atoms with E-state index in [0.717, 1.165) is 0 Å². The van der Waals surface area contributed by atoms with E-state index < -0.39 is 48.3 Å². The van der Waals surface area contributed by atoms with E-state index >= 15 is 0 Å². The number of ether oxygens (including phenoxy) is 1. The number of fused-ring (bicyclic) bond motifs is 1. The van der Waals surface area contributed by atoms with E-state index in [2.05, 4.69) is 20.6 Å². The number of aryl methyl sites for hydroxylation is 1. The van der Waals surface area contributed by atoms with Crippen molar-refractivity contribution in [2.75, 3.05) is 26.3 Å². The molecule has 0 radical (unpaired) electrons. The largest absolute Gasteiger partial charge is 0.393 e. The van der Waals surface area contributed by atoms with E-state index in [1.54, 1.807) is 12.3 Å². The number of carbonyl (C=O) groups excluding carboxylic acids is 2. The number of nitrogens with one attached hydrogen (secondary N) is 2. The molecule has 12 nitrogen and oxygen atoms in total. The average molecular weight is 682 g/mol. The van der Waals surface area contributed by atoms with E-state index in [0.29, 0.717) is 55.6 Å². The topological polar surface area (TPSA) is 132 Å². The smallest absolute Gasteiger partial charge is 0.379 e. The van der Waals surface area contributed by atoms with E-state index in [-0.39, 0.29) is 56.3 Å². The number of nitrogens with zero attached hydrogens (tertiary/aromatic N) is 7. The van der Waals surface area contributed by atoms with Gasteiger partial charge in [0.2, 0.25) is 11.8 Å². The Balaban J connectivity index is 1.35. The van der Waals surface area contributed by atoms with Crippen LogP contribution in [0.25, 0.3) is 5.78 Å². The summed E-state index contributed by atoms with van der Waals surface area (Å²) in [5.41, 5.74) is 1.52. The molecule has 1 unspecified atom stereocenters. The van der Waals surface area contributed by atoms with Crippen molar-refractivity contribution in [1.82, 2.24) is 44.9 Å². The van der Waals surface area contributed by atoms with Crippen LogP contribution >= 0.6 is 0 Å². The summed E-state index contributed by atoms with van der Waals surface area (Å²) in [4.78, 5) is 37.9. The van der Waals surface area contributed by atoms with Gasteiger partial charge in [0, 0.05) is 63.6 Å². The Bertz CT molecular complexity index is 1620. The van der Waals surface area contributed by atoms with Crippen molar-refractivity contribution in [2.45, 2.75) is 89.6 Å². The van der Waals surface area contributed by atoms with Crippen LogP contribution in [0.15, 0.2) is 18.5 Å². The summed E-state index contributed by atoms with van der Waals surface area (Å²) < 4.78 is 77.7. The first-order valence-electron chi connectivity index (χ1n) is 16.4. The summed E-state index contributed by atoms with van der Waals surface area (Å²) >= 11 is 0. The van der Waals surface area contributed by atoms with Crippen LogP contribution in [0.4, 0.5) is 22.0 Å². The molecule has 0 spiro atoms. The molecule has 1 saturated carbocycles. The molecule has 17 heteroatoms. The van der Waals surface area contributed by atoms with Gasteiger partial charge < -0.3 is 15.4 Å². The van der Waals surface area contributed by atoms with Gasteiger partial charge in [-0.1, -0.05) is 0 Å². The average Bonchev–Trinajstić information content (AvgIpc) is 3.69. The lowest BCUT2D eigenvalue weighted by Gasteiger charge is -2.33. The molecule has 262 valence electrons. The highest BCUT2D eigenvalue weighted by Gasteiger charge is 2.45. The van der Waals surface area contributed by atoms with Gasteiger partial charge in [0.1, 0.15) is 5.69 Å². The highest BCUT2D eigenvalue weighted by molar-refractivity contribution is 5.92. The van der Waals surface area contributed by atoms with Crippen LogP contribution in [-0.2, 0) is 29.0 Å². The van der Waals surface area contributed by atoms with E-state index in [1.807, 2.05) is 13.8 Å². The first kappa shape index (κ1) is 34.1. The van der Waals surface area contributed by atoms with E-state index in [4.69, 9.17) is 19.8 Å². The Morgan fingerprint density at radius 1 is 1.21 bits per heavy atom. The van der Waals surface area contributed by atoms with Gasteiger partial charge in [-0.25, -0.2) is 23.3 Å². The number of alkyl halides is 5. The third kappa shape index (κ3) is 7.46. The molecule has 0 bridgehead atoms. The van der Waals surface area contributed by atoms with Gasteiger partial charge in [0.05, 0.1) is 48.5 Å². The minimum Gasteiger partial charge on any atom is -0.379 e. The lowest BCUT2D eigenvalue weighted by molar-refractivity contribution is -0.183. The van der Waals surface area contributed by atoms with Gasteiger partial charge in [-0.05, 0) is 45.1 Å². The summed E-state index contributed by atoms with van der Waals surface area (Å²) in [5.74, 6) is -6.50. The predicted molar refractivity (Wildman–Crippen MR) is 161 cm³/mol. The zero-order valence-electron chi connectivity index (χ0n) is 26.8. The van der Waals surface area contributed by atoms with Crippen molar-refractivity contribution in [1.29, 1.82) is 0 Å². The number of halogens is 5. The monoisotopic (exact) mass is 681 g/mol. The minimum absolute atomic E-state index is 0.0353. The zero-order valence-corrected chi connectivity index (χ0v) is 26.8. The van der Waals surface area contributed by atoms with Crippen LogP contribution in [0.5, 0.6) is 0 Å². The Hall–Kier alpha value is -3.73. The summed E-state index contributed by atoms with van der Waals surface area (Å²) in [6, 6.07) is 0.862. The number of hydrogen-bond donors (Lipinski definition) is 2. The Morgan fingerprint density at radius 2 is 1.98 bits per heavy atom. The second kappa shape index (κ2) is 13.6. The lowest BCUT2D eigenvalue weighted by Crippen LogP contribution is -2.47. The molecule has 3 aromatic heterocycles. The van der Waals surface area contributed by atoms with Gasteiger partial charge in [0.15, 0.2) is 0 Å². The van der Waals surface area contributed by atoms with Gasteiger partial charge in [-0.15, -0.1) is 0 Å². The maximum absolute atomic E-state index is 14.2. The fourth-order valence-electron chi connectivity index (χ4n) is 6.91. The van der Waals surface area contributed by atoms with Gasteiger partial charge in [-0.2, -0.15) is 23.4 Å². The number of hydrogen-bond acceptors (Lipinski definition) is 8. The predicted octanol–water partition coefficient (Wildman–Crippen LogP) is 3.72. The third-order valence-electron chi connectivity index (χ3n) is 9.80. The molecular formula is C31H40F5N9O3. The first-order chi connectivity index (χ1) is 22.8. The van der Waals surface area contributed by atoms with Crippen LogP contribution in [-0.4, -0.2) is 90.5 Å². The lowest BCUT2D eigenvalue weighted by atomic mass is 9.81. The highest BCUT2D eigenvalue weighted by Crippen LogP contribution is 2.41. The van der Waals surface area contributed by atoms with E-state index in [1.165, 1.54) is 15.4 Å². The maximum Gasteiger partial charge on any atom is 0.393 e. The molecule has 0 aromatic carbocycles. The number of piperidine rings is 1. The fraction of sp³-hybridized carbons (Fsp3) is 0.677. The van der Waals surface area contributed by atoms with Crippen molar-refractivity contribution in [3.8, 4) is 0 Å².